The SMILES string of the molecule is CCCC(=Nc1cccc(N)c1C)c1c(C)[nH]n(-c2ccccc2)c1=O. The van der Waals surface area contributed by atoms with E-state index in [0.717, 1.165) is 41.2 Å². The zero-order chi connectivity index (χ0) is 18.7. The number of nitrogen functional groups attached to an aromatic ring is 1. The Balaban J connectivity index is 2.15. The molecule has 26 heavy (non-hydrogen) atoms. The number of hydrogen-bond donors (Lipinski definition) is 2. The van der Waals surface area contributed by atoms with Crippen LogP contribution in [-0.2, 0) is 0 Å². The lowest BCUT2D eigenvalue weighted by molar-refractivity contribution is 0.835. The van der Waals surface area contributed by atoms with Gasteiger partial charge in [-0.05, 0) is 50.1 Å². The van der Waals surface area contributed by atoms with E-state index in [4.69, 9.17) is 10.7 Å². The van der Waals surface area contributed by atoms with Gasteiger partial charge >= 0.3 is 0 Å². The van der Waals surface area contributed by atoms with Gasteiger partial charge in [0, 0.05) is 11.4 Å². The molecule has 0 saturated carbocycles. The Morgan fingerprint density at radius 1 is 1.12 bits per heavy atom. The van der Waals surface area contributed by atoms with E-state index in [9.17, 15) is 4.79 Å². The standard InChI is InChI=1S/C21H24N4O/c1-4-9-19(23-18-13-8-12-17(22)14(18)2)20-15(3)24-25(21(20)26)16-10-6-5-7-11-16/h5-8,10-13,24H,4,9,22H2,1-3H3. The second kappa shape index (κ2) is 7.44. The molecule has 0 spiro atoms. The summed E-state index contributed by atoms with van der Waals surface area (Å²) in [6.45, 7) is 5.94. The summed E-state index contributed by atoms with van der Waals surface area (Å²) in [5.74, 6) is 0. The number of para-hydroxylation sites is 1. The maximum atomic E-state index is 13.1. The van der Waals surface area contributed by atoms with E-state index in [1.54, 1.807) is 4.68 Å². The van der Waals surface area contributed by atoms with Crippen LogP contribution in [0.1, 0.15) is 36.6 Å². The molecule has 0 unspecified atom stereocenters. The van der Waals surface area contributed by atoms with Crippen LogP contribution >= 0.6 is 0 Å². The van der Waals surface area contributed by atoms with Crippen LogP contribution in [-0.4, -0.2) is 15.5 Å². The first-order valence-electron chi connectivity index (χ1n) is 8.83. The molecule has 0 aliphatic carbocycles. The van der Waals surface area contributed by atoms with Crippen molar-refractivity contribution in [2.75, 3.05) is 5.73 Å². The van der Waals surface area contributed by atoms with Gasteiger partial charge in [-0.25, -0.2) is 4.68 Å². The van der Waals surface area contributed by atoms with E-state index in [1.165, 1.54) is 0 Å². The van der Waals surface area contributed by atoms with Gasteiger partial charge in [-0.15, -0.1) is 0 Å². The zero-order valence-electron chi connectivity index (χ0n) is 15.4. The van der Waals surface area contributed by atoms with E-state index in [-0.39, 0.29) is 5.56 Å². The highest BCUT2D eigenvalue weighted by Crippen LogP contribution is 2.25. The number of anilines is 1. The maximum Gasteiger partial charge on any atom is 0.280 e. The van der Waals surface area contributed by atoms with Crippen LogP contribution in [0.15, 0.2) is 58.3 Å². The maximum absolute atomic E-state index is 13.1. The summed E-state index contributed by atoms with van der Waals surface area (Å²) in [5, 5.41) is 3.18. The lowest BCUT2D eigenvalue weighted by Crippen LogP contribution is -2.20. The Morgan fingerprint density at radius 3 is 2.54 bits per heavy atom. The molecule has 0 atom stereocenters. The third kappa shape index (κ3) is 3.33. The quantitative estimate of drug-likeness (QED) is 0.533. The molecular weight excluding hydrogens is 324 g/mol. The van der Waals surface area contributed by atoms with Gasteiger partial charge in [0.2, 0.25) is 0 Å². The van der Waals surface area contributed by atoms with Crippen molar-refractivity contribution in [1.29, 1.82) is 0 Å². The molecule has 5 nitrogen and oxygen atoms in total. The van der Waals surface area contributed by atoms with Crippen LogP contribution in [0.25, 0.3) is 5.69 Å². The minimum atomic E-state index is -0.0811. The number of nitrogens with zero attached hydrogens (tertiary/aromatic N) is 2. The van der Waals surface area contributed by atoms with Gasteiger partial charge < -0.3 is 5.73 Å². The average molecular weight is 348 g/mol. The van der Waals surface area contributed by atoms with E-state index in [2.05, 4.69) is 12.0 Å². The Bertz CT molecular complexity index is 997. The lowest BCUT2D eigenvalue weighted by atomic mass is 10.1. The van der Waals surface area contributed by atoms with E-state index in [1.807, 2.05) is 62.4 Å². The first-order chi connectivity index (χ1) is 12.5. The molecule has 0 amide bonds. The monoisotopic (exact) mass is 348 g/mol. The predicted molar refractivity (Wildman–Crippen MR) is 108 cm³/mol. The molecule has 0 bridgehead atoms. The highest BCUT2D eigenvalue weighted by atomic mass is 16.1. The number of nitrogens with one attached hydrogen (secondary N) is 1. The molecule has 1 aromatic heterocycles. The van der Waals surface area contributed by atoms with Crippen LogP contribution in [0.4, 0.5) is 11.4 Å². The fraction of sp³-hybridized carbons (Fsp3) is 0.238. The Morgan fingerprint density at radius 2 is 1.85 bits per heavy atom. The van der Waals surface area contributed by atoms with Crippen molar-refractivity contribution in [3.63, 3.8) is 0 Å². The van der Waals surface area contributed by atoms with E-state index >= 15 is 0 Å². The van der Waals surface area contributed by atoms with Gasteiger partial charge in [-0.1, -0.05) is 37.6 Å². The molecule has 0 fully saturated rings. The van der Waals surface area contributed by atoms with Gasteiger partial charge in [0.1, 0.15) is 0 Å². The number of nitrogens with two attached hydrogens (primary N) is 1. The topological polar surface area (TPSA) is 76.2 Å². The van der Waals surface area contributed by atoms with Crippen molar-refractivity contribution in [3.05, 3.63) is 75.7 Å². The summed E-state index contributed by atoms with van der Waals surface area (Å²) in [7, 11) is 0. The average Bonchev–Trinajstić information content (AvgIpc) is 2.93. The minimum absolute atomic E-state index is 0.0811. The highest BCUT2D eigenvalue weighted by Gasteiger charge is 2.18. The number of aromatic amines is 1. The second-order valence-corrected chi connectivity index (χ2v) is 6.39. The van der Waals surface area contributed by atoms with Crippen LogP contribution in [0.3, 0.4) is 0 Å². The number of rotatable bonds is 5. The fourth-order valence-electron chi connectivity index (χ4n) is 3.03. The van der Waals surface area contributed by atoms with Crippen molar-refractivity contribution in [2.45, 2.75) is 33.6 Å². The number of aliphatic imine (C=N–C) groups is 1. The van der Waals surface area contributed by atoms with Crippen molar-refractivity contribution in [1.82, 2.24) is 9.78 Å². The second-order valence-electron chi connectivity index (χ2n) is 6.39. The summed E-state index contributed by atoms with van der Waals surface area (Å²) < 4.78 is 1.57. The fourth-order valence-corrected chi connectivity index (χ4v) is 3.03. The summed E-state index contributed by atoms with van der Waals surface area (Å²) in [5.41, 5.74) is 11.4. The minimum Gasteiger partial charge on any atom is -0.398 e. The number of aryl methyl sites for hydroxylation is 1. The van der Waals surface area contributed by atoms with Crippen LogP contribution in [0.5, 0.6) is 0 Å². The molecule has 3 aromatic rings. The molecule has 1 heterocycles. The molecular formula is C21H24N4O. The number of H-pyrrole nitrogens is 1. The first kappa shape index (κ1) is 17.7. The highest BCUT2D eigenvalue weighted by molar-refractivity contribution is 6.03. The molecule has 3 N–H and O–H groups in total. The molecule has 134 valence electrons. The largest absolute Gasteiger partial charge is 0.398 e. The Kier molecular flexibility index (Phi) is 5.07. The summed E-state index contributed by atoms with van der Waals surface area (Å²) in [6, 6.07) is 15.2. The summed E-state index contributed by atoms with van der Waals surface area (Å²) in [4.78, 5) is 17.9. The molecule has 0 aliphatic rings. The van der Waals surface area contributed by atoms with Crippen molar-refractivity contribution >= 4 is 17.1 Å². The van der Waals surface area contributed by atoms with E-state index in [0.29, 0.717) is 11.3 Å². The first-order valence-corrected chi connectivity index (χ1v) is 8.83. The van der Waals surface area contributed by atoms with Gasteiger partial charge in [0.15, 0.2) is 0 Å². The number of aromatic nitrogens is 2. The van der Waals surface area contributed by atoms with Crippen LogP contribution in [0, 0.1) is 13.8 Å². The number of benzene rings is 2. The Labute approximate surface area is 153 Å². The summed E-state index contributed by atoms with van der Waals surface area (Å²) in [6.07, 6.45) is 1.62. The number of hydrogen-bond acceptors (Lipinski definition) is 3. The van der Waals surface area contributed by atoms with Crippen LogP contribution < -0.4 is 11.3 Å². The van der Waals surface area contributed by atoms with Gasteiger partial charge in [-0.3, -0.25) is 14.9 Å². The van der Waals surface area contributed by atoms with Crippen molar-refractivity contribution < 1.29 is 0 Å². The molecule has 2 aromatic carbocycles. The van der Waals surface area contributed by atoms with Gasteiger partial charge in [0.05, 0.1) is 22.6 Å². The smallest absolute Gasteiger partial charge is 0.280 e. The molecule has 0 saturated heterocycles. The van der Waals surface area contributed by atoms with E-state index < -0.39 is 0 Å². The van der Waals surface area contributed by atoms with Gasteiger partial charge in [0.25, 0.3) is 5.56 Å². The summed E-state index contributed by atoms with van der Waals surface area (Å²) >= 11 is 0. The normalized spacial score (nSPS) is 11.7. The molecule has 5 heteroatoms. The zero-order valence-corrected chi connectivity index (χ0v) is 15.4. The molecule has 0 radical (unpaired) electrons. The third-order valence-electron chi connectivity index (χ3n) is 4.46. The van der Waals surface area contributed by atoms with Crippen LogP contribution in [0.2, 0.25) is 0 Å². The van der Waals surface area contributed by atoms with Crippen molar-refractivity contribution in [2.24, 2.45) is 4.99 Å². The molecule has 0 aliphatic heterocycles. The third-order valence-corrected chi connectivity index (χ3v) is 4.46. The predicted octanol–water partition coefficient (Wildman–Crippen LogP) is 4.29. The Hall–Kier alpha value is -3.08. The van der Waals surface area contributed by atoms with Crippen molar-refractivity contribution in [3.8, 4) is 5.69 Å². The lowest BCUT2D eigenvalue weighted by Gasteiger charge is -2.07. The molecule has 3 rings (SSSR count). The van der Waals surface area contributed by atoms with Gasteiger partial charge in [-0.2, -0.15) is 0 Å².